The Balaban J connectivity index is 2.09. The summed E-state index contributed by atoms with van der Waals surface area (Å²) in [6, 6.07) is 3.90. The van der Waals surface area contributed by atoms with Crippen LogP contribution in [0, 0.1) is 13.0 Å². The van der Waals surface area contributed by atoms with E-state index in [-0.39, 0.29) is 6.10 Å². The zero-order valence-electron chi connectivity index (χ0n) is 8.63. The predicted molar refractivity (Wildman–Crippen MR) is 55.9 cm³/mol. The summed E-state index contributed by atoms with van der Waals surface area (Å²) in [5.41, 5.74) is 1.05. The molecule has 1 saturated heterocycles. The highest BCUT2D eigenvalue weighted by Crippen LogP contribution is 2.32. The van der Waals surface area contributed by atoms with Gasteiger partial charge in [0.25, 0.3) is 0 Å². The van der Waals surface area contributed by atoms with Crippen LogP contribution >= 0.6 is 0 Å². The van der Waals surface area contributed by atoms with Gasteiger partial charge in [0.05, 0.1) is 6.10 Å². The molecule has 1 aromatic heterocycles. The van der Waals surface area contributed by atoms with Gasteiger partial charge < -0.3 is 9.47 Å². The Labute approximate surface area is 90.4 Å². The predicted octanol–water partition coefficient (Wildman–Crippen LogP) is 2.23. The Hall–Kier alpha value is -0.930. The molecule has 1 fully saturated rings. The number of ether oxygens (including phenoxy) is 2. The zero-order chi connectivity index (χ0) is 10.5. The largest absolute Gasteiger partial charge is 0.381 e. The molecule has 0 aliphatic carbocycles. The van der Waals surface area contributed by atoms with Crippen LogP contribution in [0.5, 0.6) is 0 Å². The highest BCUT2D eigenvalue weighted by Gasteiger charge is 2.25. The van der Waals surface area contributed by atoms with E-state index < -0.39 is 0 Å². The van der Waals surface area contributed by atoms with Gasteiger partial charge in [0.2, 0.25) is 0 Å². The molecule has 1 unspecified atom stereocenters. The third-order valence-corrected chi connectivity index (χ3v) is 2.85. The fourth-order valence-corrected chi connectivity index (χ4v) is 2.02. The molecule has 15 heavy (non-hydrogen) atoms. The van der Waals surface area contributed by atoms with Crippen molar-refractivity contribution in [3.05, 3.63) is 37.2 Å². The number of hydrogen-bond donors (Lipinski definition) is 0. The molecule has 0 spiro atoms. The van der Waals surface area contributed by atoms with Crippen LogP contribution in [0.2, 0.25) is 0 Å². The monoisotopic (exact) mass is 205 g/mol. The zero-order valence-corrected chi connectivity index (χ0v) is 8.63. The van der Waals surface area contributed by atoms with Crippen molar-refractivity contribution in [1.82, 2.24) is 4.98 Å². The van der Waals surface area contributed by atoms with Crippen LogP contribution in [0.1, 0.15) is 24.5 Å². The molecule has 0 amide bonds. The number of nitrogens with zero attached hydrogens (tertiary/aromatic N) is 1. The van der Waals surface area contributed by atoms with Crippen molar-refractivity contribution in [2.75, 3.05) is 13.2 Å². The van der Waals surface area contributed by atoms with E-state index in [0.717, 1.165) is 31.6 Å². The molecule has 1 aliphatic rings. The summed E-state index contributed by atoms with van der Waals surface area (Å²) in [6.45, 7) is 1.59. The molecule has 2 radical (unpaired) electrons. The molecule has 0 bridgehead atoms. The van der Waals surface area contributed by atoms with Gasteiger partial charge in [0.1, 0.15) is 7.11 Å². The van der Waals surface area contributed by atoms with E-state index in [1.165, 1.54) is 0 Å². The second-order valence-corrected chi connectivity index (χ2v) is 3.79. The SMILES string of the molecule is [CH]OC(c1cccnc1)C1CCOCC1. The first-order valence-corrected chi connectivity index (χ1v) is 5.25. The Kier molecular flexibility index (Phi) is 3.69. The summed E-state index contributed by atoms with van der Waals surface area (Å²) in [7, 11) is 5.37. The summed E-state index contributed by atoms with van der Waals surface area (Å²) in [6.07, 6.45) is 5.50. The minimum Gasteiger partial charge on any atom is -0.381 e. The molecule has 2 rings (SSSR count). The first-order valence-electron chi connectivity index (χ1n) is 5.25. The second-order valence-electron chi connectivity index (χ2n) is 3.79. The van der Waals surface area contributed by atoms with Gasteiger partial charge in [0, 0.05) is 25.6 Å². The summed E-state index contributed by atoms with van der Waals surface area (Å²) in [4.78, 5) is 4.08. The van der Waals surface area contributed by atoms with Crippen LogP contribution in [-0.2, 0) is 9.47 Å². The second kappa shape index (κ2) is 5.24. The van der Waals surface area contributed by atoms with E-state index in [0.29, 0.717) is 5.92 Å². The van der Waals surface area contributed by atoms with E-state index in [1.54, 1.807) is 6.20 Å². The Morgan fingerprint density at radius 1 is 1.47 bits per heavy atom. The highest BCUT2D eigenvalue weighted by atomic mass is 16.5. The standard InChI is InChI=1S/C12H15NO2/c1-14-12(10-4-7-15-8-5-10)11-3-2-6-13-9-11/h1-3,6,9-10,12H,4-5,7-8H2. The molecule has 1 atom stereocenters. The first kappa shape index (κ1) is 10.6. The average Bonchev–Trinajstić information content (AvgIpc) is 2.33. The molecule has 0 N–H and O–H groups in total. The van der Waals surface area contributed by atoms with Crippen molar-refractivity contribution < 1.29 is 9.47 Å². The van der Waals surface area contributed by atoms with Crippen molar-refractivity contribution in [2.45, 2.75) is 18.9 Å². The fraction of sp³-hybridized carbons (Fsp3) is 0.500. The van der Waals surface area contributed by atoms with Crippen LogP contribution in [0.3, 0.4) is 0 Å². The van der Waals surface area contributed by atoms with Crippen molar-refractivity contribution >= 4 is 0 Å². The molecular formula is C12H15NO2. The lowest BCUT2D eigenvalue weighted by atomic mass is 9.90. The maximum absolute atomic E-state index is 5.37. The fourth-order valence-electron chi connectivity index (χ4n) is 2.02. The van der Waals surface area contributed by atoms with Gasteiger partial charge in [-0.15, -0.1) is 0 Å². The molecule has 80 valence electrons. The highest BCUT2D eigenvalue weighted by molar-refractivity contribution is 5.13. The quantitative estimate of drug-likeness (QED) is 0.758. The van der Waals surface area contributed by atoms with E-state index in [4.69, 9.17) is 16.6 Å². The molecule has 0 saturated carbocycles. The van der Waals surface area contributed by atoms with Crippen LogP contribution in [0.25, 0.3) is 0 Å². The third kappa shape index (κ3) is 2.55. The minimum absolute atomic E-state index is 0.0531. The number of hydrogen-bond acceptors (Lipinski definition) is 3. The minimum atomic E-state index is -0.0531. The summed E-state index contributed by atoms with van der Waals surface area (Å²) in [5, 5.41) is 0. The first-order chi connectivity index (χ1) is 7.42. The Morgan fingerprint density at radius 2 is 2.27 bits per heavy atom. The summed E-state index contributed by atoms with van der Waals surface area (Å²) in [5.74, 6) is 0.438. The molecule has 0 aromatic carbocycles. The summed E-state index contributed by atoms with van der Waals surface area (Å²) >= 11 is 0. The van der Waals surface area contributed by atoms with Crippen molar-refractivity contribution in [2.24, 2.45) is 5.92 Å². The van der Waals surface area contributed by atoms with Crippen molar-refractivity contribution in [3.8, 4) is 0 Å². The van der Waals surface area contributed by atoms with Gasteiger partial charge in [-0.2, -0.15) is 0 Å². The van der Waals surface area contributed by atoms with Crippen molar-refractivity contribution in [3.63, 3.8) is 0 Å². The van der Waals surface area contributed by atoms with Crippen LogP contribution in [0.15, 0.2) is 24.5 Å². The molecule has 3 nitrogen and oxygen atoms in total. The smallest absolute Gasteiger partial charge is 0.116 e. The Bertz CT molecular complexity index is 283. The van der Waals surface area contributed by atoms with Crippen LogP contribution in [0.4, 0.5) is 0 Å². The molecule has 2 heterocycles. The van der Waals surface area contributed by atoms with Gasteiger partial charge >= 0.3 is 0 Å². The number of rotatable bonds is 3. The lowest BCUT2D eigenvalue weighted by molar-refractivity contribution is -0.00192. The molecular weight excluding hydrogens is 190 g/mol. The van der Waals surface area contributed by atoms with Gasteiger partial charge in [-0.25, -0.2) is 0 Å². The topological polar surface area (TPSA) is 31.4 Å². The molecule has 3 heteroatoms. The van der Waals surface area contributed by atoms with E-state index in [2.05, 4.69) is 4.98 Å². The van der Waals surface area contributed by atoms with Crippen molar-refractivity contribution in [1.29, 1.82) is 0 Å². The number of aromatic nitrogens is 1. The van der Waals surface area contributed by atoms with Gasteiger partial charge in [-0.05, 0) is 30.4 Å². The van der Waals surface area contributed by atoms with Crippen LogP contribution in [-0.4, -0.2) is 18.2 Å². The molecule has 1 aromatic rings. The van der Waals surface area contributed by atoms with E-state index >= 15 is 0 Å². The van der Waals surface area contributed by atoms with Crippen LogP contribution < -0.4 is 0 Å². The summed E-state index contributed by atoms with van der Waals surface area (Å²) < 4.78 is 10.4. The van der Waals surface area contributed by atoms with E-state index in [1.807, 2.05) is 18.3 Å². The lowest BCUT2D eigenvalue weighted by Gasteiger charge is -2.29. The normalized spacial score (nSPS) is 20.1. The lowest BCUT2D eigenvalue weighted by Crippen LogP contribution is -2.22. The Morgan fingerprint density at radius 3 is 2.87 bits per heavy atom. The maximum Gasteiger partial charge on any atom is 0.116 e. The average molecular weight is 205 g/mol. The molecule has 1 aliphatic heterocycles. The van der Waals surface area contributed by atoms with Gasteiger partial charge in [-0.1, -0.05) is 6.07 Å². The number of pyridine rings is 1. The van der Waals surface area contributed by atoms with E-state index in [9.17, 15) is 0 Å². The maximum atomic E-state index is 5.37. The van der Waals surface area contributed by atoms with Gasteiger partial charge in [-0.3, -0.25) is 4.98 Å². The third-order valence-electron chi connectivity index (χ3n) is 2.85. The van der Waals surface area contributed by atoms with Gasteiger partial charge in [0.15, 0.2) is 0 Å².